The van der Waals surface area contributed by atoms with Crippen molar-refractivity contribution in [1.82, 2.24) is 5.32 Å². The summed E-state index contributed by atoms with van der Waals surface area (Å²) < 4.78 is 5.41. The number of ether oxygens (including phenoxy) is 1. The van der Waals surface area contributed by atoms with Crippen molar-refractivity contribution < 1.29 is 4.74 Å². The Morgan fingerprint density at radius 2 is 1.95 bits per heavy atom. The first kappa shape index (κ1) is 14.4. The molecule has 2 rings (SSSR count). The second kappa shape index (κ2) is 6.42. The Morgan fingerprint density at radius 1 is 1.25 bits per heavy atom. The van der Waals surface area contributed by atoms with Crippen molar-refractivity contribution >= 4 is 10.8 Å². The molecule has 0 aromatic heterocycles. The third-order valence-electron chi connectivity index (χ3n) is 3.45. The van der Waals surface area contributed by atoms with Crippen LogP contribution in [0, 0.1) is 12.3 Å². The number of benzene rings is 2. The van der Waals surface area contributed by atoms with E-state index in [1.807, 2.05) is 25.1 Å². The Bertz CT molecular complexity index is 630. The summed E-state index contributed by atoms with van der Waals surface area (Å²) in [4.78, 5) is 0. The van der Waals surface area contributed by atoms with Crippen molar-refractivity contribution in [3.8, 4) is 18.1 Å². The predicted octanol–water partition coefficient (Wildman–Crippen LogP) is 2.46. The standard InChI is InChI=1S/C17H20N2O/c1-4-12(2)19-16(11-18)14-9-10-17(20-3)15-8-6-5-7-13(14)15/h1,5-10,12,16,19H,11,18H2,2-3H3. The highest BCUT2D eigenvalue weighted by Crippen LogP contribution is 2.31. The molecule has 104 valence electrons. The molecule has 0 amide bonds. The maximum Gasteiger partial charge on any atom is 0.126 e. The maximum atomic E-state index is 5.91. The van der Waals surface area contributed by atoms with Crippen LogP contribution in [0.3, 0.4) is 0 Å². The van der Waals surface area contributed by atoms with Crippen LogP contribution in [0.4, 0.5) is 0 Å². The first-order valence-electron chi connectivity index (χ1n) is 6.69. The molecule has 0 saturated heterocycles. The van der Waals surface area contributed by atoms with Gasteiger partial charge in [-0.2, -0.15) is 0 Å². The number of hydrogen-bond acceptors (Lipinski definition) is 3. The van der Waals surface area contributed by atoms with Gasteiger partial charge in [-0.05, 0) is 23.9 Å². The minimum atomic E-state index is -0.0237. The average molecular weight is 268 g/mol. The monoisotopic (exact) mass is 268 g/mol. The molecule has 0 aliphatic carbocycles. The molecule has 2 unspecified atom stereocenters. The third-order valence-corrected chi connectivity index (χ3v) is 3.45. The van der Waals surface area contributed by atoms with Crippen LogP contribution in [-0.2, 0) is 0 Å². The van der Waals surface area contributed by atoms with E-state index in [2.05, 4.69) is 29.4 Å². The fourth-order valence-electron chi connectivity index (χ4n) is 2.41. The smallest absolute Gasteiger partial charge is 0.126 e. The lowest BCUT2D eigenvalue weighted by molar-refractivity contribution is 0.419. The minimum absolute atomic E-state index is 0.0237. The number of nitrogens with one attached hydrogen (secondary N) is 1. The van der Waals surface area contributed by atoms with Gasteiger partial charge in [0, 0.05) is 18.0 Å². The lowest BCUT2D eigenvalue weighted by Crippen LogP contribution is -2.34. The van der Waals surface area contributed by atoms with Crippen molar-refractivity contribution in [3.63, 3.8) is 0 Å². The Morgan fingerprint density at radius 3 is 2.55 bits per heavy atom. The molecule has 0 radical (unpaired) electrons. The molecule has 3 N–H and O–H groups in total. The molecule has 0 aliphatic heterocycles. The molecule has 2 atom stereocenters. The summed E-state index contributed by atoms with van der Waals surface area (Å²) in [6.07, 6.45) is 5.44. The van der Waals surface area contributed by atoms with Gasteiger partial charge in [0.25, 0.3) is 0 Å². The number of terminal acetylenes is 1. The zero-order valence-corrected chi connectivity index (χ0v) is 11.9. The summed E-state index contributed by atoms with van der Waals surface area (Å²) in [5.41, 5.74) is 7.05. The number of fused-ring (bicyclic) bond motifs is 1. The van der Waals surface area contributed by atoms with Crippen LogP contribution in [0.1, 0.15) is 18.5 Å². The van der Waals surface area contributed by atoms with Gasteiger partial charge in [0.1, 0.15) is 5.75 Å². The van der Waals surface area contributed by atoms with Crippen LogP contribution in [0.15, 0.2) is 36.4 Å². The summed E-state index contributed by atoms with van der Waals surface area (Å²) in [7, 11) is 1.68. The van der Waals surface area contributed by atoms with Crippen molar-refractivity contribution in [1.29, 1.82) is 0 Å². The molecule has 0 spiro atoms. The molecule has 3 nitrogen and oxygen atoms in total. The van der Waals surface area contributed by atoms with Crippen LogP contribution in [0.25, 0.3) is 10.8 Å². The van der Waals surface area contributed by atoms with E-state index in [0.29, 0.717) is 6.54 Å². The van der Waals surface area contributed by atoms with Crippen LogP contribution >= 0.6 is 0 Å². The molecule has 2 aromatic rings. The van der Waals surface area contributed by atoms with Gasteiger partial charge in [-0.15, -0.1) is 6.42 Å². The lowest BCUT2D eigenvalue weighted by Gasteiger charge is -2.22. The van der Waals surface area contributed by atoms with Crippen molar-refractivity contribution in [2.24, 2.45) is 5.73 Å². The van der Waals surface area contributed by atoms with Gasteiger partial charge in [0.2, 0.25) is 0 Å². The zero-order valence-electron chi connectivity index (χ0n) is 11.9. The van der Waals surface area contributed by atoms with E-state index in [4.69, 9.17) is 16.9 Å². The summed E-state index contributed by atoms with van der Waals surface area (Å²) >= 11 is 0. The number of hydrogen-bond donors (Lipinski definition) is 2. The van der Waals surface area contributed by atoms with E-state index in [-0.39, 0.29) is 12.1 Å². The second-order valence-electron chi connectivity index (χ2n) is 4.75. The SMILES string of the molecule is C#CC(C)NC(CN)c1ccc(OC)c2ccccc12. The topological polar surface area (TPSA) is 47.3 Å². The zero-order chi connectivity index (χ0) is 14.5. The summed E-state index contributed by atoms with van der Waals surface area (Å²) in [6.45, 7) is 2.44. The van der Waals surface area contributed by atoms with Crippen molar-refractivity contribution in [2.75, 3.05) is 13.7 Å². The van der Waals surface area contributed by atoms with Crippen LogP contribution < -0.4 is 15.8 Å². The Hall–Kier alpha value is -2.02. The van der Waals surface area contributed by atoms with Crippen LogP contribution in [-0.4, -0.2) is 19.7 Å². The molecule has 0 saturated carbocycles. The van der Waals surface area contributed by atoms with E-state index < -0.39 is 0 Å². The van der Waals surface area contributed by atoms with Gasteiger partial charge >= 0.3 is 0 Å². The molecule has 2 aromatic carbocycles. The molecule has 20 heavy (non-hydrogen) atoms. The van der Waals surface area contributed by atoms with Crippen LogP contribution in [0.5, 0.6) is 5.75 Å². The Kier molecular flexibility index (Phi) is 4.62. The summed E-state index contributed by atoms with van der Waals surface area (Å²) in [5.74, 6) is 3.54. The molecule has 0 bridgehead atoms. The molecular weight excluding hydrogens is 248 g/mol. The van der Waals surface area contributed by atoms with E-state index in [9.17, 15) is 0 Å². The van der Waals surface area contributed by atoms with Gasteiger partial charge in [-0.3, -0.25) is 5.32 Å². The van der Waals surface area contributed by atoms with Gasteiger partial charge in [-0.1, -0.05) is 36.3 Å². The van der Waals surface area contributed by atoms with E-state index in [1.54, 1.807) is 7.11 Å². The fraction of sp³-hybridized carbons (Fsp3) is 0.294. The highest BCUT2D eigenvalue weighted by molar-refractivity contribution is 5.91. The number of nitrogens with two attached hydrogens (primary N) is 1. The minimum Gasteiger partial charge on any atom is -0.496 e. The predicted molar refractivity (Wildman–Crippen MR) is 83.7 cm³/mol. The normalized spacial score (nSPS) is 13.7. The Balaban J connectivity index is 2.51. The van der Waals surface area contributed by atoms with Gasteiger partial charge in [-0.25, -0.2) is 0 Å². The largest absolute Gasteiger partial charge is 0.496 e. The van der Waals surface area contributed by atoms with Gasteiger partial charge in [0.05, 0.1) is 13.2 Å². The quantitative estimate of drug-likeness (QED) is 0.819. The average Bonchev–Trinajstić information content (AvgIpc) is 2.51. The molecular formula is C17H20N2O. The molecule has 0 aliphatic rings. The Labute approximate surface area is 120 Å². The molecule has 0 heterocycles. The highest BCUT2D eigenvalue weighted by atomic mass is 16.5. The lowest BCUT2D eigenvalue weighted by atomic mass is 9.97. The van der Waals surface area contributed by atoms with E-state index in [1.165, 1.54) is 0 Å². The van der Waals surface area contributed by atoms with E-state index in [0.717, 1.165) is 22.1 Å². The van der Waals surface area contributed by atoms with E-state index >= 15 is 0 Å². The second-order valence-corrected chi connectivity index (χ2v) is 4.75. The molecule has 3 heteroatoms. The van der Waals surface area contributed by atoms with Crippen LogP contribution in [0.2, 0.25) is 0 Å². The first-order chi connectivity index (χ1) is 9.71. The summed E-state index contributed by atoms with van der Waals surface area (Å²) in [5, 5.41) is 5.58. The highest BCUT2D eigenvalue weighted by Gasteiger charge is 2.15. The van der Waals surface area contributed by atoms with Gasteiger partial charge in [0.15, 0.2) is 0 Å². The van der Waals surface area contributed by atoms with Crippen molar-refractivity contribution in [2.45, 2.75) is 19.0 Å². The fourth-order valence-corrected chi connectivity index (χ4v) is 2.41. The first-order valence-corrected chi connectivity index (χ1v) is 6.69. The molecule has 0 fully saturated rings. The van der Waals surface area contributed by atoms with Gasteiger partial charge < -0.3 is 10.5 Å². The number of rotatable bonds is 5. The maximum absolute atomic E-state index is 5.91. The third kappa shape index (κ3) is 2.77. The number of methoxy groups -OCH3 is 1. The van der Waals surface area contributed by atoms with Crippen molar-refractivity contribution in [3.05, 3.63) is 42.0 Å². The summed E-state index contributed by atoms with van der Waals surface area (Å²) in [6, 6.07) is 12.2.